The van der Waals surface area contributed by atoms with Crippen LogP contribution in [0.3, 0.4) is 0 Å². The van der Waals surface area contributed by atoms with Crippen LogP contribution in [0, 0.1) is 0 Å². The summed E-state index contributed by atoms with van der Waals surface area (Å²) in [5.41, 5.74) is 6.27. The number of carbonyl (C=O) groups is 1. The molecule has 0 saturated carbocycles. The molecule has 0 radical (unpaired) electrons. The maximum Gasteiger partial charge on any atom is 0.266 e. The van der Waals surface area contributed by atoms with E-state index in [4.69, 9.17) is 5.73 Å². The average Bonchev–Trinajstić information content (AvgIpc) is 2.79. The second kappa shape index (κ2) is 8.54. The molecule has 8 heteroatoms. The monoisotopic (exact) mass is 415 g/mol. The van der Waals surface area contributed by atoms with Crippen molar-refractivity contribution in [1.82, 2.24) is 15.3 Å². The molecule has 0 bridgehead atoms. The predicted octanol–water partition coefficient (Wildman–Crippen LogP) is 4.12. The Morgan fingerprint density at radius 1 is 1.17 bits per heavy atom. The lowest BCUT2D eigenvalue weighted by Gasteiger charge is -2.35. The van der Waals surface area contributed by atoms with E-state index in [9.17, 15) is 13.6 Å². The Hall–Kier alpha value is -3.39. The quantitative estimate of drug-likeness (QED) is 0.610. The Morgan fingerprint density at radius 3 is 2.70 bits per heavy atom. The Kier molecular flexibility index (Phi) is 5.67. The lowest BCUT2D eigenvalue weighted by Crippen LogP contribution is -2.46. The number of aromatic nitrogens is 2. The molecule has 6 nitrogen and oxygen atoms in total. The fourth-order valence-electron chi connectivity index (χ4n) is 3.60. The standard InChI is InChI=1S/C22H21F2N5O.3H2/c23-21(24)15-8-9-18(28-19(15)20(30)16-7-4-10-27-22(16)25)29-12-11-26-17(13-29)14-5-2-1-3-6-14;;;/h1-10,17,21,26H,11-13H2,(H2,25,27);3*1H. The van der Waals surface area contributed by atoms with E-state index >= 15 is 0 Å². The molecule has 2 aromatic heterocycles. The highest BCUT2D eigenvalue weighted by Gasteiger charge is 2.26. The summed E-state index contributed by atoms with van der Waals surface area (Å²) in [6.45, 7) is 1.96. The average molecular weight is 415 g/mol. The van der Waals surface area contributed by atoms with Gasteiger partial charge in [-0.2, -0.15) is 0 Å². The van der Waals surface area contributed by atoms with Gasteiger partial charge in [-0.3, -0.25) is 4.79 Å². The molecule has 0 aliphatic carbocycles. The largest absolute Gasteiger partial charge is 0.383 e. The molecule has 1 atom stereocenters. The van der Waals surface area contributed by atoms with Gasteiger partial charge in [0, 0.05) is 41.7 Å². The van der Waals surface area contributed by atoms with Crippen LogP contribution in [0.5, 0.6) is 0 Å². The fourth-order valence-corrected chi connectivity index (χ4v) is 3.60. The van der Waals surface area contributed by atoms with Crippen LogP contribution in [0.4, 0.5) is 20.4 Å². The molecule has 30 heavy (non-hydrogen) atoms. The minimum atomic E-state index is -2.83. The first-order valence-electron chi connectivity index (χ1n) is 9.62. The summed E-state index contributed by atoms with van der Waals surface area (Å²) in [6, 6.07) is 15.9. The normalized spacial score (nSPS) is 16.6. The van der Waals surface area contributed by atoms with Crippen molar-refractivity contribution in [3.05, 3.63) is 83.2 Å². The van der Waals surface area contributed by atoms with E-state index in [0.717, 1.165) is 5.56 Å². The Morgan fingerprint density at radius 2 is 1.97 bits per heavy atom. The second-order valence-corrected chi connectivity index (χ2v) is 7.04. The van der Waals surface area contributed by atoms with E-state index in [1.165, 1.54) is 30.5 Å². The molecule has 3 N–H and O–H groups in total. The molecule has 1 fully saturated rings. The smallest absolute Gasteiger partial charge is 0.266 e. The first kappa shape index (κ1) is 19.9. The molecular weight excluding hydrogens is 388 g/mol. The molecule has 1 aliphatic heterocycles. The maximum absolute atomic E-state index is 13.6. The van der Waals surface area contributed by atoms with Gasteiger partial charge in [0.15, 0.2) is 0 Å². The molecule has 4 rings (SSSR count). The minimum absolute atomic E-state index is 0. The number of nitrogens with one attached hydrogen (secondary N) is 1. The van der Waals surface area contributed by atoms with Crippen LogP contribution in [-0.2, 0) is 0 Å². The molecule has 3 heterocycles. The molecule has 1 unspecified atom stereocenters. The third-order valence-electron chi connectivity index (χ3n) is 5.15. The van der Waals surface area contributed by atoms with Crippen molar-refractivity contribution >= 4 is 17.4 Å². The highest BCUT2D eigenvalue weighted by molar-refractivity contribution is 6.11. The molecular formula is C22H27F2N5O. The molecule has 160 valence electrons. The predicted molar refractivity (Wildman–Crippen MR) is 117 cm³/mol. The van der Waals surface area contributed by atoms with Crippen LogP contribution in [-0.4, -0.2) is 35.4 Å². The zero-order valence-electron chi connectivity index (χ0n) is 16.1. The molecule has 1 saturated heterocycles. The summed E-state index contributed by atoms with van der Waals surface area (Å²) in [6.07, 6.45) is -1.39. The van der Waals surface area contributed by atoms with Gasteiger partial charge in [0.2, 0.25) is 5.78 Å². The van der Waals surface area contributed by atoms with Crippen molar-refractivity contribution in [2.75, 3.05) is 30.3 Å². The van der Waals surface area contributed by atoms with Crippen molar-refractivity contribution in [2.24, 2.45) is 0 Å². The molecule has 1 aliphatic rings. The topological polar surface area (TPSA) is 84.1 Å². The summed E-state index contributed by atoms with van der Waals surface area (Å²) < 4.78 is 27.2. The Bertz CT molecular complexity index is 1060. The van der Waals surface area contributed by atoms with E-state index in [0.29, 0.717) is 25.5 Å². The van der Waals surface area contributed by atoms with Crippen LogP contribution >= 0.6 is 0 Å². The van der Waals surface area contributed by atoms with Gasteiger partial charge in [-0.15, -0.1) is 0 Å². The fraction of sp³-hybridized carbons (Fsp3) is 0.227. The van der Waals surface area contributed by atoms with Crippen LogP contribution in [0.25, 0.3) is 0 Å². The number of ketones is 1. The number of pyridine rings is 2. The zero-order chi connectivity index (χ0) is 21.1. The number of hydrogen-bond acceptors (Lipinski definition) is 6. The summed E-state index contributed by atoms with van der Waals surface area (Å²) in [5.74, 6) is -0.193. The van der Waals surface area contributed by atoms with Crippen molar-refractivity contribution < 1.29 is 17.9 Å². The number of nitrogens with zero attached hydrogens (tertiary/aromatic N) is 3. The van der Waals surface area contributed by atoms with Gasteiger partial charge in [-0.1, -0.05) is 30.3 Å². The Balaban J connectivity index is 0.00000181. The number of piperazine rings is 1. The number of nitrogens with two attached hydrogens (primary N) is 1. The zero-order valence-corrected chi connectivity index (χ0v) is 16.1. The van der Waals surface area contributed by atoms with Crippen LogP contribution in [0.1, 0.15) is 43.9 Å². The number of anilines is 2. The van der Waals surface area contributed by atoms with Crippen LogP contribution in [0.15, 0.2) is 60.8 Å². The van der Waals surface area contributed by atoms with Gasteiger partial charge in [0.05, 0.1) is 5.56 Å². The molecule has 0 amide bonds. The van der Waals surface area contributed by atoms with Crippen molar-refractivity contribution in [3.63, 3.8) is 0 Å². The second-order valence-electron chi connectivity index (χ2n) is 7.04. The lowest BCUT2D eigenvalue weighted by molar-refractivity contribution is 0.101. The van der Waals surface area contributed by atoms with Crippen molar-refractivity contribution in [2.45, 2.75) is 12.5 Å². The first-order valence-corrected chi connectivity index (χ1v) is 9.62. The van der Waals surface area contributed by atoms with Gasteiger partial charge >= 0.3 is 0 Å². The SMILES string of the molecule is Nc1ncccc1C(=O)c1nc(N2CCNC(c3ccccc3)C2)ccc1C(F)F.[HH].[HH].[HH]. The highest BCUT2D eigenvalue weighted by Crippen LogP contribution is 2.28. The van der Waals surface area contributed by atoms with Crippen molar-refractivity contribution in [1.29, 1.82) is 0 Å². The van der Waals surface area contributed by atoms with Gasteiger partial charge in [-0.05, 0) is 29.8 Å². The number of halogens is 2. The number of alkyl halides is 2. The van der Waals surface area contributed by atoms with Crippen LogP contribution in [0.2, 0.25) is 0 Å². The molecule has 3 aromatic rings. The third kappa shape index (κ3) is 3.99. The highest BCUT2D eigenvalue weighted by atomic mass is 19.3. The van der Waals surface area contributed by atoms with Gasteiger partial charge in [0.25, 0.3) is 6.43 Å². The van der Waals surface area contributed by atoms with Crippen molar-refractivity contribution in [3.8, 4) is 0 Å². The number of hydrogen-bond donors (Lipinski definition) is 2. The van der Waals surface area contributed by atoms with Gasteiger partial charge < -0.3 is 16.0 Å². The van der Waals surface area contributed by atoms with Gasteiger partial charge in [0.1, 0.15) is 17.3 Å². The maximum atomic E-state index is 13.6. The van der Waals surface area contributed by atoms with E-state index in [1.807, 2.05) is 35.2 Å². The molecule has 0 spiro atoms. The van der Waals surface area contributed by atoms with E-state index in [2.05, 4.69) is 15.3 Å². The summed E-state index contributed by atoms with van der Waals surface area (Å²) in [4.78, 5) is 23.2. The van der Waals surface area contributed by atoms with E-state index in [1.54, 1.807) is 0 Å². The van der Waals surface area contributed by atoms with Crippen LogP contribution < -0.4 is 16.0 Å². The number of nitrogen functional groups attached to an aromatic ring is 1. The summed E-state index contributed by atoms with van der Waals surface area (Å²) in [7, 11) is 0. The van der Waals surface area contributed by atoms with Gasteiger partial charge in [-0.25, -0.2) is 18.7 Å². The Labute approximate surface area is 177 Å². The van der Waals surface area contributed by atoms with E-state index in [-0.39, 0.29) is 27.4 Å². The summed E-state index contributed by atoms with van der Waals surface area (Å²) >= 11 is 0. The van der Waals surface area contributed by atoms with E-state index < -0.39 is 17.8 Å². The minimum Gasteiger partial charge on any atom is -0.383 e. The number of carbonyl (C=O) groups excluding carboxylic acids is 1. The summed E-state index contributed by atoms with van der Waals surface area (Å²) in [5, 5.41) is 3.45. The molecule has 1 aromatic carbocycles. The lowest BCUT2D eigenvalue weighted by atomic mass is 10.0. The third-order valence-corrected chi connectivity index (χ3v) is 5.15. The number of rotatable bonds is 5. The number of benzene rings is 1. The first-order chi connectivity index (χ1) is 14.5.